The van der Waals surface area contributed by atoms with Crippen LogP contribution in [0.2, 0.25) is 0 Å². The van der Waals surface area contributed by atoms with Crippen LogP contribution in [-0.2, 0) is 0 Å². The van der Waals surface area contributed by atoms with Crippen LogP contribution in [0.4, 0.5) is 4.39 Å². The van der Waals surface area contributed by atoms with Crippen LogP contribution in [0, 0.1) is 0 Å². The highest BCUT2D eigenvalue weighted by Gasteiger charge is 2.22. The van der Waals surface area contributed by atoms with Crippen LogP contribution in [0.5, 0.6) is 0 Å². The van der Waals surface area contributed by atoms with Crippen molar-refractivity contribution in [2.75, 3.05) is 6.67 Å². The number of halogens is 1. The van der Waals surface area contributed by atoms with Gasteiger partial charge in [-0.25, -0.2) is 0 Å². The molecule has 0 spiro atoms. The Bertz CT molecular complexity index is 218. The van der Waals surface area contributed by atoms with Gasteiger partial charge in [0.25, 0.3) is 0 Å². The molecular weight excluding hydrogens is 155 g/mol. The topological polar surface area (TPSA) is 20.2 Å². The molecule has 0 aliphatic heterocycles. The van der Waals surface area contributed by atoms with Crippen molar-refractivity contribution in [3.63, 3.8) is 0 Å². The highest BCUT2D eigenvalue weighted by molar-refractivity contribution is 5.41. The summed E-state index contributed by atoms with van der Waals surface area (Å²) in [5.74, 6) is 0. The quantitative estimate of drug-likeness (QED) is 0.689. The van der Waals surface area contributed by atoms with Gasteiger partial charge in [-0.1, -0.05) is 6.58 Å². The van der Waals surface area contributed by atoms with E-state index < -0.39 is 0 Å². The van der Waals surface area contributed by atoms with Crippen LogP contribution in [-0.4, -0.2) is 17.9 Å². The molecule has 1 atom stereocenters. The number of hydrogen-bond donors (Lipinski definition) is 1. The maximum Gasteiger partial charge on any atom is 0.0897 e. The van der Waals surface area contributed by atoms with Crippen LogP contribution >= 0.6 is 0 Å². The lowest BCUT2D eigenvalue weighted by Gasteiger charge is -2.03. The Hall–Kier alpha value is -0.630. The molecule has 0 aromatic carbocycles. The third-order valence-corrected chi connectivity index (χ3v) is 2.40. The average Bonchev–Trinajstić information content (AvgIpc) is 2.25. The number of rotatable bonds is 3. The molecule has 1 nitrogen and oxygen atoms in total. The first-order valence-corrected chi connectivity index (χ1v) is 4.28. The number of alkyl halides is 1. The molecule has 0 fully saturated rings. The summed E-state index contributed by atoms with van der Waals surface area (Å²) < 4.78 is 11.9. The Labute approximate surface area is 72.6 Å². The van der Waals surface area contributed by atoms with Crippen LogP contribution < -0.4 is 0 Å². The molecule has 12 heavy (non-hydrogen) atoms. The normalized spacial score (nSPS) is 23.9. The zero-order valence-electron chi connectivity index (χ0n) is 7.44. The predicted octanol–water partition coefficient (Wildman–Crippen LogP) is 2.37. The molecular formula is C10H15FO. The molecule has 1 aliphatic rings. The van der Waals surface area contributed by atoms with E-state index in [2.05, 4.69) is 6.58 Å². The van der Waals surface area contributed by atoms with Crippen LogP contribution in [0.1, 0.15) is 26.2 Å². The summed E-state index contributed by atoms with van der Waals surface area (Å²) in [6, 6.07) is 0. The molecule has 0 heterocycles. The molecule has 1 unspecified atom stereocenters. The standard InChI is InChI=1S/C10H15FO/c1-7-6-10(12)8(2)9(7)4-3-5-11/h10,12H,1,3-6H2,2H3. The smallest absolute Gasteiger partial charge is 0.0897 e. The first kappa shape index (κ1) is 9.46. The summed E-state index contributed by atoms with van der Waals surface area (Å²) in [5.41, 5.74) is 3.04. The van der Waals surface area contributed by atoms with E-state index in [0.717, 1.165) is 23.1 Å². The number of hydrogen-bond acceptors (Lipinski definition) is 1. The second-order valence-corrected chi connectivity index (χ2v) is 3.28. The van der Waals surface area contributed by atoms with Crippen LogP contribution in [0.3, 0.4) is 0 Å². The van der Waals surface area contributed by atoms with Crippen molar-refractivity contribution in [3.05, 3.63) is 23.3 Å². The average molecular weight is 170 g/mol. The minimum absolute atomic E-state index is 0.292. The van der Waals surface area contributed by atoms with Crippen molar-refractivity contribution in [2.45, 2.75) is 32.3 Å². The monoisotopic (exact) mass is 170 g/mol. The van der Waals surface area contributed by atoms with E-state index in [9.17, 15) is 9.50 Å². The molecule has 0 saturated heterocycles. The molecule has 0 saturated carbocycles. The second kappa shape index (κ2) is 3.85. The maximum atomic E-state index is 11.9. The van der Waals surface area contributed by atoms with E-state index in [4.69, 9.17) is 0 Å². The van der Waals surface area contributed by atoms with Crippen molar-refractivity contribution in [2.24, 2.45) is 0 Å². The lowest BCUT2D eigenvalue weighted by Crippen LogP contribution is -2.01. The van der Waals surface area contributed by atoms with Gasteiger partial charge in [0.1, 0.15) is 0 Å². The number of aliphatic hydroxyl groups is 1. The Morgan fingerprint density at radius 3 is 2.75 bits per heavy atom. The van der Waals surface area contributed by atoms with Gasteiger partial charge < -0.3 is 5.11 Å². The maximum absolute atomic E-state index is 11.9. The van der Waals surface area contributed by atoms with Crippen LogP contribution in [0.25, 0.3) is 0 Å². The summed E-state index contributed by atoms with van der Waals surface area (Å²) in [6.45, 7) is 5.46. The molecule has 1 aliphatic carbocycles. The lowest BCUT2D eigenvalue weighted by molar-refractivity contribution is 0.219. The van der Waals surface area contributed by atoms with Gasteiger partial charge in [-0.2, -0.15) is 0 Å². The van der Waals surface area contributed by atoms with Gasteiger partial charge >= 0.3 is 0 Å². The summed E-state index contributed by atoms with van der Waals surface area (Å²) >= 11 is 0. The summed E-state index contributed by atoms with van der Waals surface area (Å²) in [5, 5.41) is 9.43. The molecule has 68 valence electrons. The van der Waals surface area contributed by atoms with Crippen molar-refractivity contribution >= 4 is 0 Å². The molecule has 0 bridgehead atoms. The third-order valence-electron chi connectivity index (χ3n) is 2.40. The van der Waals surface area contributed by atoms with Gasteiger partial charge in [-0.3, -0.25) is 4.39 Å². The Kier molecular flexibility index (Phi) is 3.04. The lowest BCUT2D eigenvalue weighted by atomic mass is 10.0. The summed E-state index contributed by atoms with van der Waals surface area (Å²) in [4.78, 5) is 0. The Morgan fingerprint density at radius 2 is 2.33 bits per heavy atom. The number of allylic oxidation sites excluding steroid dienone is 1. The van der Waals surface area contributed by atoms with Gasteiger partial charge in [0.05, 0.1) is 12.8 Å². The van der Waals surface area contributed by atoms with Crippen molar-refractivity contribution in [3.8, 4) is 0 Å². The SMILES string of the molecule is C=C1CC(O)C(C)=C1CCCF. The molecule has 1 N–H and O–H groups in total. The minimum atomic E-state index is -0.368. The third kappa shape index (κ3) is 1.75. The van der Waals surface area contributed by atoms with Gasteiger partial charge in [0.2, 0.25) is 0 Å². The zero-order valence-corrected chi connectivity index (χ0v) is 7.44. The van der Waals surface area contributed by atoms with Crippen molar-refractivity contribution in [1.82, 2.24) is 0 Å². The molecule has 0 aromatic heterocycles. The highest BCUT2D eigenvalue weighted by Crippen LogP contribution is 2.32. The van der Waals surface area contributed by atoms with Crippen molar-refractivity contribution in [1.29, 1.82) is 0 Å². The fraction of sp³-hybridized carbons (Fsp3) is 0.600. The van der Waals surface area contributed by atoms with Gasteiger partial charge in [-0.15, -0.1) is 0 Å². The first-order chi connectivity index (χ1) is 5.66. The summed E-state index contributed by atoms with van der Waals surface area (Å²) in [6.07, 6.45) is 1.52. The van der Waals surface area contributed by atoms with E-state index in [-0.39, 0.29) is 12.8 Å². The van der Waals surface area contributed by atoms with Gasteiger partial charge in [-0.05, 0) is 36.5 Å². The Morgan fingerprint density at radius 1 is 1.67 bits per heavy atom. The fourth-order valence-electron chi connectivity index (χ4n) is 1.61. The van der Waals surface area contributed by atoms with E-state index >= 15 is 0 Å². The molecule has 0 amide bonds. The number of aliphatic hydroxyl groups excluding tert-OH is 1. The van der Waals surface area contributed by atoms with Crippen molar-refractivity contribution < 1.29 is 9.50 Å². The minimum Gasteiger partial charge on any atom is -0.388 e. The fourth-order valence-corrected chi connectivity index (χ4v) is 1.61. The van der Waals surface area contributed by atoms with E-state index in [0.29, 0.717) is 12.8 Å². The summed E-state index contributed by atoms with van der Waals surface area (Å²) in [7, 11) is 0. The largest absolute Gasteiger partial charge is 0.388 e. The highest BCUT2D eigenvalue weighted by atomic mass is 19.1. The van der Waals surface area contributed by atoms with Gasteiger partial charge in [0, 0.05) is 6.42 Å². The van der Waals surface area contributed by atoms with E-state index in [1.54, 1.807) is 0 Å². The van der Waals surface area contributed by atoms with E-state index in [1.807, 2.05) is 6.92 Å². The Balaban J connectivity index is 2.65. The van der Waals surface area contributed by atoms with E-state index in [1.165, 1.54) is 0 Å². The first-order valence-electron chi connectivity index (χ1n) is 4.28. The van der Waals surface area contributed by atoms with Crippen LogP contribution in [0.15, 0.2) is 23.3 Å². The molecule has 1 rings (SSSR count). The zero-order chi connectivity index (χ0) is 9.14. The molecule has 2 heteroatoms. The second-order valence-electron chi connectivity index (χ2n) is 3.28. The molecule has 0 aromatic rings. The van der Waals surface area contributed by atoms with Gasteiger partial charge in [0.15, 0.2) is 0 Å². The predicted molar refractivity (Wildman–Crippen MR) is 47.7 cm³/mol. The molecule has 0 radical (unpaired) electrons.